The second kappa shape index (κ2) is 6.29. The topological polar surface area (TPSA) is 86.5 Å². The van der Waals surface area contributed by atoms with Crippen molar-refractivity contribution in [1.29, 1.82) is 0 Å². The Kier molecular flexibility index (Phi) is 4.74. The van der Waals surface area contributed by atoms with Crippen LogP contribution in [-0.4, -0.2) is 23.8 Å². The van der Waals surface area contributed by atoms with Gasteiger partial charge in [-0.05, 0) is 18.2 Å². The summed E-state index contributed by atoms with van der Waals surface area (Å²) in [7, 11) is 1.18. The molecular weight excluding hydrogens is 238 g/mol. The van der Waals surface area contributed by atoms with E-state index in [1.807, 2.05) is 0 Å². The number of esters is 1. The van der Waals surface area contributed by atoms with Crippen LogP contribution in [-0.2, 0) is 14.3 Å². The van der Waals surface area contributed by atoms with E-state index in [-0.39, 0.29) is 12.1 Å². The Morgan fingerprint density at radius 1 is 1.39 bits per heavy atom. The van der Waals surface area contributed by atoms with Crippen LogP contribution in [0.1, 0.15) is 12.0 Å². The number of hydrogen-bond donors (Lipinski definition) is 0. The van der Waals surface area contributed by atoms with Crippen molar-refractivity contribution in [2.45, 2.75) is 6.42 Å². The number of carbonyl (C=O) groups excluding carboxylic acids is 2. The van der Waals surface area contributed by atoms with Crippen LogP contribution < -0.4 is 0 Å². The van der Waals surface area contributed by atoms with Gasteiger partial charge in [-0.1, -0.05) is 12.1 Å². The van der Waals surface area contributed by atoms with E-state index in [9.17, 15) is 19.7 Å². The molecule has 0 aliphatic carbocycles. The number of carbonyl (C=O) groups is 2. The Balaban J connectivity index is 2.81. The first-order valence-corrected chi connectivity index (χ1v) is 5.05. The van der Waals surface area contributed by atoms with Gasteiger partial charge in [0.05, 0.1) is 17.6 Å². The average Bonchev–Trinajstić information content (AvgIpc) is 2.36. The van der Waals surface area contributed by atoms with E-state index < -0.39 is 16.7 Å². The second-order valence-corrected chi connectivity index (χ2v) is 3.37. The van der Waals surface area contributed by atoms with Gasteiger partial charge < -0.3 is 4.74 Å². The summed E-state index contributed by atoms with van der Waals surface area (Å²) in [6.07, 6.45) is 2.05. The molecule has 6 nitrogen and oxygen atoms in total. The first-order valence-electron chi connectivity index (χ1n) is 5.05. The molecule has 1 rings (SSSR count). The van der Waals surface area contributed by atoms with E-state index >= 15 is 0 Å². The zero-order chi connectivity index (χ0) is 13.5. The predicted molar refractivity (Wildman–Crippen MR) is 63.8 cm³/mol. The van der Waals surface area contributed by atoms with Gasteiger partial charge in [0.25, 0.3) is 5.69 Å². The molecule has 18 heavy (non-hydrogen) atoms. The number of rotatable bonds is 5. The van der Waals surface area contributed by atoms with Crippen molar-refractivity contribution in [3.8, 4) is 0 Å². The summed E-state index contributed by atoms with van der Waals surface area (Å²) in [6.45, 7) is 0. The molecule has 0 bridgehead atoms. The third kappa shape index (κ3) is 3.82. The molecule has 0 N–H and O–H groups in total. The van der Waals surface area contributed by atoms with Crippen molar-refractivity contribution in [3.05, 3.63) is 46.0 Å². The van der Waals surface area contributed by atoms with Crippen molar-refractivity contribution >= 4 is 23.5 Å². The molecule has 0 saturated carbocycles. The van der Waals surface area contributed by atoms with Crippen molar-refractivity contribution in [2.75, 3.05) is 7.11 Å². The minimum absolute atomic E-state index is 0.0976. The molecule has 0 aliphatic heterocycles. The van der Waals surface area contributed by atoms with Gasteiger partial charge in [-0.25, -0.2) is 0 Å². The molecule has 0 aliphatic rings. The van der Waals surface area contributed by atoms with Gasteiger partial charge in [0.1, 0.15) is 6.42 Å². The number of nitro groups is 1. The molecule has 0 saturated heterocycles. The van der Waals surface area contributed by atoms with Crippen LogP contribution in [0.3, 0.4) is 0 Å². The zero-order valence-corrected chi connectivity index (χ0v) is 9.66. The van der Waals surface area contributed by atoms with E-state index in [1.165, 1.54) is 31.4 Å². The fourth-order valence-electron chi connectivity index (χ4n) is 1.25. The molecule has 0 aromatic heterocycles. The van der Waals surface area contributed by atoms with E-state index in [2.05, 4.69) is 4.74 Å². The molecule has 0 atom stereocenters. The van der Waals surface area contributed by atoms with Crippen molar-refractivity contribution < 1.29 is 19.2 Å². The summed E-state index contributed by atoms with van der Waals surface area (Å²) in [5.74, 6) is -1.12. The Bertz CT molecular complexity index is 507. The average molecular weight is 249 g/mol. The SMILES string of the molecule is COC(=O)CC(=O)/C=C\c1ccccc1[N+](=O)[O-]. The smallest absolute Gasteiger partial charge is 0.313 e. The lowest BCUT2D eigenvalue weighted by Gasteiger charge is -1.96. The number of ketones is 1. The van der Waals surface area contributed by atoms with Gasteiger partial charge in [0.15, 0.2) is 5.78 Å². The highest BCUT2D eigenvalue weighted by molar-refractivity contribution is 6.04. The van der Waals surface area contributed by atoms with Crippen LogP contribution in [0.15, 0.2) is 30.3 Å². The zero-order valence-electron chi connectivity index (χ0n) is 9.66. The Hall–Kier alpha value is -2.50. The van der Waals surface area contributed by atoms with Gasteiger partial charge >= 0.3 is 5.97 Å². The summed E-state index contributed by atoms with van der Waals surface area (Å²) in [5.41, 5.74) is 0.209. The molecule has 6 heteroatoms. The first kappa shape index (κ1) is 13.6. The third-order valence-electron chi connectivity index (χ3n) is 2.13. The molecule has 0 unspecified atom stereocenters. The van der Waals surface area contributed by atoms with Crippen LogP contribution in [0.5, 0.6) is 0 Å². The first-order chi connectivity index (χ1) is 8.54. The van der Waals surface area contributed by atoms with Gasteiger partial charge in [-0.3, -0.25) is 19.7 Å². The maximum atomic E-state index is 11.3. The lowest BCUT2D eigenvalue weighted by molar-refractivity contribution is -0.385. The summed E-state index contributed by atoms with van der Waals surface area (Å²) in [6, 6.07) is 6.01. The van der Waals surface area contributed by atoms with E-state index in [1.54, 1.807) is 6.07 Å². The Morgan fingerprint density at radius 2 is 2.06 bits per heavy atom. The minimum atomic E-state index is -0.646. The molecule has 0 radical (unpaired) electrons. The molecule has 0 heterocycles. The molecular formula is C12H11NO5. The van der Waals surface area contributed by atoms with Crippen LogP contribution in [0.2, 0.25) is 0 Å². The molecule has 0 spiro atoms. The number of hydrogen-bond acceptors (Lipinski definition) is 5. The van der Waals surface area contributed by atoms with Gasteiger partial charge in [-0.2, -0.15) is 0 Å². The lowest BCUT2D eigenvalue weighted by atomic mass is 10.1. The molecule has 1 aromatic rings. The maximum Gasteiger partial charge on any atom is 0.313 e. The monoisotopic (exact) mass is 249 g/mol. The summed E-state index contributed by atoms with van der Waals surface area (Å²) in [4.78, 5) is 32.3. The van der Waals surface area contributed by atoms with Crippen LogP contribution >= 0.6 is 0 Å². The number of para-hydroxylation sites is 1. The molecule has 1 aromatic carbocycles. The lowest BCUT2D eigenvalue weighted by Crippen LogP contribution is -2.06. The van der Waals surface area contributed by atoms with E-state index in [0.717, 1.165) is 6.08 Å². The van der Waals surface area contributed by atoms with Crippen LogP contribution in [0.25, 0.3) is 6.08 Å². The number of methoxy groups -OCH3 is 1. The van der Waals surface area contributed by atoms with Crippen molar-refractivity contribution in [3.63, 3.8) is 0 Å². The fourth-order valence-corrected chi connectivity index (χ4v) is 1.25. The fraction of sp³-hybridized carbons (Fsp3) is 0.167. The third-order valence-corrected chi connectivity index (χ3v) is 2.13. The Morgan fingerprint density at radius 3 is 2.67 bits per heavy atom. The normalized spacial score (nSPS) is 10.3. The van der Waals surface area contributed by atoms with Gasteiger partial charge in [0.2, 0.25) is 0 Å². The summed E-state index contributed by atoms with van der Waals surface area (Å²) < 4.78 is 4.33. The van der Waals surface area contributed by atoms with Crippen molar-refractivity contribution in [1.82, 2.24) is 0 Å². The molecule has 0 fully saturated rings. The quantitative estimate of drug-likeness (QED) is 0.261. The number of ether oxygens (including phenoxy) is 1. The summed E-state index contributed by atoms with van der Waals surface area (Å²) in [5, 5.41) is 10.7. The predicted octanol–water partition coefficient (Wildman–Crippen LogP) is 1.74. The highest BCUT2D eigenvalue weighted by Crippen LogP contribution is 2.18. The maximum absolute atomic E-state index is 11.3. The minimum Gasteiger partial charge on any atom is -0.469 e. The van der Waals surface area contributed by atoms with Crippen LogP contribution in [0, 0.1) is 10.1 Å². The standard InChI is InChI=1S/C12H11NO5/c1-18-12(15)8-10(14)7-6-9-4-2-3-5-11(9)13(16)17/h2-7H,8H2,1H3/b7-6-. The number of nitrogens with zero attached hydrogens (tertiary/aromatic N) is 1. The Labute approximate surface area is 103 Å². The molecule has 94 valence electrons. The summed E-state index contributed by atoms with van der Waals surface area (Å²) >= 11 is 0. The van der Waals surface area contributed by atoms with Gasteiger partial charge in [0, 0.05) is 6.07 Å². The second-order valence-electron chi connectivity index (χ2n) is 3.37. The van der Waals surface area contributed by atoms with E-state index in [0.29, 0.717) is 5.56 Å². The number of nitro benzene ring substituents is 1. The number of benzene rings is 1. The largest absolute Gasteiger partial charge is 0.469 e. The highest BCUT2D eigenvalue weighted by Gasteiger charge is 2.10. The van der Waals surface area contributed by atoms with Crippen molar-refractivity contribution in [2.24, 2.45) is 0 Å². The molecule has 0 amide bonds. The van der Waals surface area contributed by atoms with E-state index in [4.69, 9.17) is 0 Å². The number of allylic oxidation sites excluding steroid dienone is 1. The van der Waals surface area contributed by atoms with Gasteiger partial charge in [-0.15, -0.1) is 0 Å². The highest BCUT2D eigenvalue weighted by atomic mass is 16.6. The van der Waals surface area contributed by atoms with Crippen LogP contribution in [0.4, 0.5) is 5.69 Å².